The molecule has 0 aliphatic carbocycles. The summed E-state index contributed by atoms with van der Waals surface area (Å²) in [5.41, 5.74) is 0. The molecule has 0 saturated heterocycles. The van der Waals surface area contributed by atoms with Gasteiger partial charge in [-0.05, 0) is 6.92 Å². The number of hydrogen-bond acceptors (Lipinski definition) is 4. The van der Waals surface area contributed by atoms with Gasteiger partial charge in [0.05, 0.1) is 6.61 Å². The number of nitrogens with two attached hydrogens (primary N) is 1. The monoisotopic (exact) mass is 222 g/mol. The van der Waals surface area contributed by atoms with Crippen LogP contribution in [-0.2, 0) is 19.7 Å². The summed E-state index contributed by atoms with van der Waals surface area (Å²) in [6.45, 7) is 4.78. The van der Waals surface area contributed by atoms with Crippen LogP contribution in [0.3, 0.4) is 0 Å². The van der Waals surface area contributed by atoms with E-state index in [1.54, 1.807) is 6.92 Å². The van der Waals surface area contributed by atoms with Gasteiger partial charge < -0.3 is 4.74 Å². The first-order chi connectivity index (χ1) is 6.41. The number of carbonyl (C=O) groups excluding carboxylic acids is 1. The van der Waals surface area contributed by atoms with Gasteiger partial charge in [-0.15, -0.1) is 6.58 Å². The average molecular weight is 222 g/mol. The number of esters is 1. The summed E-state index contributed by atoms with van der Waals surface area (Å²) in [5.74, 6) is -0.636. The summed E-state index contributed by atoms with van der Waals surface area (Å²) in [4.78, 5) is 11.0. The SMILES string of the molecule is C=CCN(CC(=O)OCC)S(N)(=O)=O. The Morgan fingerprint density at radius 1 is 1.64 bits per heavy atom. The fourth-order valence-corrected chi connectivity index (χ4v) is 1.35. The van der Waals surface area contributed by atoms with Crippen molar-refractivity contribution in [2.45, 2.75) is 6.92 Å². The van der Waals surface area contributed by atoms with Crippen molar-refractivity contribution in [1.29, 1.82) is 0 Å². The first-order valence-electron chi connectivity index (χ1n) is 3.96. The molecule has 0 bridgehead atoms. The van der Waals surface area contributed by atoms with Gasteiger partial charge >= 0.3 is 5.97 Å². The zero-order valence-corrected chi connectivity index (χ0v) is 8.79. The van der Waals surface area contributed by atoms with Crippen molar-refractivity contribution in [2.75, 3.05) is 19.7 Å². The summed E-state index contributed by atoms with van der Waals surface area (Å²) in [5, 5.41) is 4.85. The highest BCUT2D eigenvalue weighted by molar-refractivity contribution is 7.86. The second kappa shape index (κ2) is 5.74. The van der Waals surface area contributed by atoms with Crippen LogP contribution in [0.1, 0.15) is 6.92 Å². The molecule has 0 fully saturated rings. The van der Waals surface area contributed by atoms with Crippen molar-refractivity contribution < 1.29 is 17.9 Å². The maximum Gasteiger partial charge on any atom is 0.321 e. The summed E-state index contributed by atoms with van der Waals surface area (Å²) in [6, 6.07) is 0. The van der Waals surface area contributed by atoms with Gasteiger partial charge in [-0.1, -0.05) is 6.08 Å². The molecule has 0 amide bonds. The standard InChI is InChI=1S/C7H14N2O4S/c1-3-5-9(14(8,11)12)6-7(10)13-4-2/h3H,1,4-6H2,2H3,(H2,8,11,12). The molecule has 0 aromatic carbocycles. The zero-order chi connectivity index (χ0) is 11.2. The van der Waals surface area contributed by atoms with Crippen LogP contribution in [0.15, 0.2) is 12.7 Å². The van der Waals surface area contributed by atoms with E-state index in [9.17, 15) is 13.2 Å². The van der Waals surface area contributed by atoms with E-state index in [0.717, 1.165) is 4.31 Å². The average Bonchev–Trinajstić information content (AvgIpc) is 2.02. The third-order valence-corrected chi connectivity index (χ3v) is 2.30. The third-order valence-electron chi connectivity index (χ3n) is 1.30. The Kier molecular flexibility index (Phi) is 5.36. The maximum absolute atomic E-state index is 11.0. The molecule has 6 nitrogen and oxygen atoms in total. The number of nitrogens with zero attached hydrogens (tertiary/aromatic N) is 1. The predicted octanol–water partition coefficient (Wildman–Crippen LogP) is -0.759. The second-order valence-electron chi connectivity index (χ2n) is 2.43. The fraction of sp³-hybridized carbons (Fsp3) is 0.571. The summed E-state index contributed by atoms with van der Waals surface area (Å²) >= 11 is 0. The molecule has 0 radical (unpaired) electrons. The van der Waals surface area contributed by atoms with E-state index in [4.69, 9.17) is 5.14 Å². The topological polar surface area (TPSA) is 89.7 Å². The summed E-state index contributed by atoms with van der Waals surface area (Å²) in [7, 11) is -3.88. The molecule has 0 aliphatic heterocycles. The van der Waals surface area contributed by atoms with Gasteiger partial charge in [0.1, 0.15) is 6.54 Å². The molecular weight excluding hydrogens is 208 g/mol. The number of rotatable bonds is 6. The molecule has 0 aromatic rings. The predicted molar refractivity (Wildman–Crippen MR) is 51.5 cm³/mol. The summed E-state index contributed by atoms with van der Waals surface area (Å²) < 4.78 is 27.2. The second-order valence-corrected chi connectivity index (χ2v) is 3.98. The van der Waals surface area contributed by atoms with E-state index in [2.05, 4.69) is 11.3 Å². The van der Waals surface area contributed by atoms with Crippen LogP contribution in [0.25, 0.3) is 0 Å². The lowest BCUT2D eigenvalue weighted by atomic mass is 10.5. The molecule has 0 heterocycles. The Balaban J connectivity index is 4.38. The van der Waals surface area contributed by atoms with Crippen molar-refractivity contribution in [3.63, 3.8) is 0 Å². The number of carbonyl (C=O) groups is 1. The molecule has 0 rings (SSSR count). The van der Waals surface area contributed by atoms with E-state index in [1.807, 2.05) is 0 Å². The fourth-order valence-electron chi connectivity index (χ4n) is 0.753. The Hall–Kier alpha value is -0.920. The lowest BCUT2D eigenvalue weighted by Gasteiger charge is -2.15. The van der Waals surface area contributed by atoms with E-state index < -0.39 is 22.7 Å². The Bertz CT molecular complexity index is 299. The first kappa shape index (κ1) is 13.1. The highest BCUT2D eigenvalue weighted by Crippen LogP contribution is 1.95. The van der Waals surface area contributed by atoms with Gasteiger partial charge in [0.2, 0.25) is 0 Å². The highest BCUT2D eigenvalue weighted by atomic mass is 32.2. The van der Waals surface area contributed by atoms with E-state index in [-0.39, 0.29) is 13.2 Å². The molecule has 7 heteroatoms. The quantitative estimate of drug-likeness (QED) is 0.472. The van der Waals surface area contributed by atoms with E-state index in [1.165, 1.54) is 6.08 Å². The van der Waals surface area contributed by atoms with E-state index >= 15 is 0 Å². The van der Waals surface area contributed by atoms with Crippen molar-refractivity contribution in [1.82, 2.24) is 4.31 Å². The van der Waals surface area contributed by atoms with Crippen molar-refractivity contribution in [2.24, 2.45) is 5.14 Å². The smallest absolute Gasteiger partial charge is 0.321 e. The van der Waals surface area contributed by atoms with Gasteiger partial charge in [-0.3, -0.25) is 4.79 Å². The van der Waals surface area contributed by atoms with Gasteiger partial charge in [-0.2, -0.15) is 12.7 Å². The lowest BCUT2D eigenvalue weighted by molar-refractivity contribution is -0.143. The molecule has 0 saturated carbocycles. The molecule has 14 heavy (non-hydrogen) atoms. The minimum absolute atomic E-state index is 0.0162. The molecule has 2 N–H and O–H groups in total. The minimum Gasteiger partial charge on any atom is -0.465 e. The van der Waals surface area contributed by atoms with Crippen molar-refractivity contribution in [3.05, 3.63) is 12.7 Å². The lowest BCUT2D eigenvalue weighted by Crippen LogP contribution is -2.40. The molecule has 82 valence electrons. The van der Waals surface area contributed by atoms with Crippen LogP contribution in [0, 0.1) is 0 Å². The van der Waals surface area contributed by atoms with Crippen LogP contribution in [0.4, 0.5) is 0 Å². The van der Waals surface area contributed by atoms with Crippen LogP contribution in [-0.4, -0.2) is 38.4 Å². The van der Waals surface area contributed by atoms with Gasteiger partial charge in [0.25, 0.3) is 10.2 Å². The van der Waals surface area contributed by atoms with Crippen LogP contribution in [0.5, 0.6) is 0 Å². The normalized spacial score (nSPS) is 11.4. The minimum atomic E-state index is -3.88. The largest absolute Gasteiger partial charge is 0.465 e. The molecule has 0 aliphatic rings. The Labute approximate surface area is 83.5 Å². The number of ether oxygens (including phenoxy) is 1. The number of hydrogen-bond donors (Lipinski definition) is 1. The van der Waals surface area contributed by atoms with Gasteiger partial charge in [0.15, 0.2) is 0 Å². The molecule has 0 spiro atoms. The summed E-state index contributed by atoms with van der Waals surface area (Å²) in [6.07, 6.45) is 1.34. The first-order valence-corrected chi connectivity index (χ1v) is 5.46. The Morgan fingerprint density at radius 3 is 2.57 bits per heavy atom. The molecule has 0 unspecified atom stereocenters. The van der Waals surface area contributed by atoms with E-state index in [0.29, 0.717) is 0 Å². The zero-order valence-electron chi connectivity index (χ0n) is 7.97. The van der Waals surface area contributed by atoms with Crippen molar-refractivity contribution >= 4 is 16.2 Å². The third kappa shape index (κ3) is 4.95. The highest BCUT2D eigenvalue weighted by Gasteiger charge is 2.19. The molecule has 0 atom stereocenters. The van der Waals surface area contributed by atoms with Crippen LogP contribution >= 0.6 is 0 Å². The maximum atomic E-state index is 11.0. The van der Waals surface area contributed by atoms with Crippen molar-refractivity contribution in [3.8, 4) is 0 Å². The van der Waals surface area contributed by atoms with Crippen LogP contribution < -0.4 is 5.14 Å². The molecular formula is C7H14N2O4S. The van der Waals surface area contributed by atoms with Gasteiger partial charge in [0, 0.05) is 6.54 Å². The Morgan fingerprint density at radius 2 is 2.21 bits per heavy atom. The van der Waals surface area contributed by atoms with Gasteiger partial charge in [-0.25, -0.2) is 5.14 Å². The molecule has 0 aromatic heterocycles. The van der Waals surface area contributed by atoms with Crippen LogP contribution in [0.2, 0.25) is 0 Å².